The molecule has 1 aromatic rings. The van der Waals surface area contributed by atoms with Gasteiger partial charge in [-0.15, -0.1) is 0 Å². The molecule has 0 fully saturated rings. The summed E-state index contributed by atoms with van der Waals surface area (Å²) in [5, 5.41) is 11.5. The Morgan fingerprint density at radius 3 is 2.85 bits per heavy atom. The minimum absolute atomic E-state index is 0.0571. The van der Waals surface area contributed by atoms with Crippen LogP contribution in [0.5, 0.6) is 0 Å². The van der Waals surface area contributed by atoms with Gasteiger partial charge in [-0.2, -0.15) is 0 Å². The van der Waals surface area contributed by atoms with Gasteiger partial charge in [0.15, 0.2) is 0 Å². The van der Waals surface area contributed by atoms with Crippen molar-refractivity contribution in [1.82, 2.24) is 15.2 Å². The molecular formula is C13H19N3O4. The number of hydrogen-bond acceptors (Lipinski definition) is 4. The number of amides is 2. The van der Waals surface area contributed by atoms with Crippen molar-refractivity contribution in [3.63, 3.8) is 0 Å². The highest BCUT2D eigenvalue weighted by atomic mass is 16.5. The van der Waals surface area contributed by atoms with Crippen LogP contribution in [0.3, 0.4) is 0 Å². The monoisotopic (exact) mass is 281 g/mol. The van der Waals surface area contributed by atoms with Gasteiger partial charge in [-0.3, -0.25) is 4.98 Å². The molecule has 7 nitrogen and oxygen atoms in total. The molecular weight excluding hydrogens is 262 g/mol. The topological polar surface area (TPSA) is 91.8 Å². The molecule has 2 amide bonds. The molecule has 1 atom stereocenters. The molecule has 0 saturated heterocycles. The molecule has 20 heavy (non-hydrogen) atoms. The number of hydrogen-bond donors (Lipinski definition) is 2. The van der Waals surface area contributed by atoms with E-state index in [2.05, 4.69) is 10.3 Å². The van der Waals surface area contributed by atoms with E-state index in [1.54, 1.807) is 14.2 Å². The van der Waals surface area contributed by atoms with Gasteiger partial charge in [0, 0.05) is 20.4 Å². The molecule has 2 N–H and O–H groups in total. The van der Waals surface area contributed by atoms with Crippen molar-refractivity contribution in [2.75, 3.05) is 20.8 Å². The summed E-state index contributed by atoms with van der Waals surface area (Å²) in [4.78, 5) is 28.2. The lowest BCUT2D eigenvalue weighted by atomic mass is 10.2. The number of aromatic carboxylic acids is 1. The Kier molecular flexibility index (Phi) is 5.92. The summed E-state index contributed by atoms with van der Waals surface area (Å²) < 4.78 is 4.98. The number of nitrogens with zero attached hydrogens (tertiary/aromatic N) is 2. The van der Waals surface area contributed by atoms with Gasteiger partial charge >= 0.3 is 12.0 Å². The Labute approximate surface area is 117 Å². The lowest BCUT2D eigenvalue weighted by molar-refractivity contribution is 0.0696. The average Bonchev–Trinajstić information content (AvgIpc) is 2.44. The molecule has 110 valence electrons. The fourth-order valence-electron chi connectivity index (χ4n) is 1.55. The summed E-state index contributed by atoms with van der Waals surface area (Å²) in [5.74, 6) is -1.02. The number of carbonyl (C=O) groups excluding carboxylic acids is 1. The number of aromatic nitrogens is 1. The van der Waals surface area contributed by atoms with Crippen molar-refractivity contribution in [2.24, 2.45) is 0 Å². The number of likely N-dealkylation sites (N-methyl/N-ethyl adjacent to an activating group) is 1. The number of methoxy groups -OCH3 is 1. The number of urea groups is 1. The average molecular weight is 281 g/mol. The van der Waals surface area contributed by atoms with E-state index in [9.17, 15) is 9.59 Å². The van der Waals surface area contributed by atoms with E-state index in [0.717, 1.165) is 0 Å². The predicted octanol–water partition coefficient (Wildman–Crippen LogP) is 0.956. The molecule has 0 radical (unpaired) electrons. The lowest BCUT2D eigenvalue weighted by Gasteiger charge is -2.24. The SMILES string of the molecule is COCC(C)N(C)C(=O)NCc1cc(C(=O)O)ccn1. The quantitative estimate of drug-likeness (QED) is 0.810. The van der Waals surface area contributed by atoms with E-state index in [1.165, 1.54) is 23.2 Å². The molecule has 0 bridgehead atoms. The van der Waals surface area contributed by atoms with Gasteiger partial charge in [0.1, 0.15) is 0 Å². The summed E-state index contributed by atoms with van der Waals surface area (Å²) in [6, 6.07) is 2.51. The third-order valence-electron chi connectivity index (χ3n) is 2.87. The number of carboxylic acid groups (broad SMARTS) is 1. The van der Waals surface area contributed by atoms with Gasteiger partial charge < -0.3 is 20.1 Å². The highest BCUT2D eigenvalue weighted by Crippen LogP contribution is 2.02. The van der Waals surface area contributed by atoms with E-state index in [-0.39, 0.29) is 24.2 Å². The van der Waals surface area contributed by atoms with Crippen LogP contribution in [0.15, 0.2) is 18.3 Å². The van der Waals surface area contributed by atoms with Crippen LogP contribution < -0.4 is 5.32 Å². The zero-order valence-corrected chi connectivity index (χ0v) is 11.8. The molecule has 0 aliphatic carbocycles. The first kappa shape index (κ1) is 15.9. The smallest absolute Gasteiger partial charge is 0.335 e. The van der Waals surface area contributed by atoms with E-state index < -0.39 is 5.97 Å². The molecule has 0 saturated carbocycles. The minimum Gasteiger partial charge on any atom is -0.478 e. The van der Waals surface area contributed by atoms with Crippen LogP contribution in [-0.2, 0) is 11.3 Å². The van der Waals surface area contributed by atoms with Crippen LogP contribution in [0.4, 0.5) is 4.79 Å². The zero-order valence-electron chi connectivity index (χ0n) is 11.8. The predicted molar refractivity (Wildman–Crippen MR) is 72.5 cm³/mol. The largest absolute Gasteiger partial charge is 0.478 e. The standard InChI is InChI=1S/C13H19N3O4/c1-9(8-20-3)16(2)13(19)15-7-11-6-10(12(17)18)4-5-14-11/h4-6,9H,7-8H2,1-3H3,(H,15,19)(H,17,18). The minimum atomic E-state index is -1.02. The molecule has 0 aliphatic rings. The second kappa shape index (κ2) is 7.44. The fourth-order valence-corrected chi connectivity index (χ4v) is 1.55. The van der Waals surface area contributed by atoms with Crippen molar-refractivity contribution in [3.8, 4) is 0 Å². The first-order chi connectivity index (χ1) is 9.45. The van der Waals surface area contributed by atoms with E-state index >= 15 is 0 Å². The summed E-state index contributed by atoms with van der Waals surface area (Å²) in [5.41, 5.74) is 0.636. The highest BCUT2D eigenvalue weighted by molar-refractivity contribution is 5.87. The molecule has 1 heterocycles. The molecule has 0 aromatic carbocycles. The van der Waals surface area contributed by atoms with Crippen LogP contribution in [-0.4, -0.2) is 53.8 Å². The maximum absolute atomic E-state index is 11.9. The van der Waals surface area contributed by atoms with Crippen molar-refractivity contribution >= 4 is 12.0 Å². The number of carbonyl (C=O) groups is 2. The maximum Gasteiger partial charge on any atom is 0.335 e. The Bertz CT molecular complexity index is 478. The molecule has 1 unspecified atom stereocenters. The van der Waals surface area contributed by atoms with Gasteiger partial charge in [0.25, 0.3) is 0 Å². The van der Waals surface area contributed by atoms with Crippen LogP contribution in [0, 0.1) is 0 Å². The Hall–Kier alpha value is -2.15. The second-order valence-corrected chi connectivity index (χ2v) is 4.41. The third kappa shape index (κ3) is 4.51. The van der Waals surface area contributed by atoms with Crippen LogP contribution >= 0.6 is 0 Å². The summed E-state index contributed by atoms with van der Waals surface area (Å²) in [7, 11) is 3.24. The number of pyridine rings is 1. The third-order valence-corrected chi connectivity index (χ3v) is 2.87. The normalized spacial score (nSPS) is 11.8. The molecule has 1 rings (SSSR count). The fraction of sp³-hybridized carbons (Fsp3) is 0.462. The first-order valence-electron chi connectivity index (χ1n) is 6.13. The molecule has 0 spiro atoms. The van der Waals surface area contributed by atoms with Crippen molar-refractivity contribution < 1.29 is 19.4 Å². The number of nitrogens with one attached hydrogen (secondary N) is 1. The number of rotatable bonds is 6. The van der Waals surface area contributed by atoms with Gasteiger partial charge in [-0.25, -0.2) is 9.59 Å². The summed E-state index contributed by atoms with van der Waals surface area (Å²) in [6.45, 7) is 2.48. The summed E-state index contributed by atoms with van der Waals surface area (Å²) in [6.07, 6.45) is 1.40. The number of ether oxygens (including phenoxy) is 1. The Morgan fingerprint density at radius 2 is 2.25 bits per heavy atom. The maximum atomic E-state index is 11.9. The molecule has 1 aromatic heterocycles. The van der Waals surface area contributed by atoms with E-state index in [1.807, 2.05) is 6.92 Å². The second-order valence-electron chi connectivity index (χ2n) is 4.41. The Morgan fingerprint density at radius 1 is 1.55 bits per heavy atom. The van der Waals surface area contributed by atoms with Crippen molar-refractivity contribution in [3.05, 3.63) is 29.6 Å². The van der Waals surface area contributed by atoms with Crippen LogP contribution in [0.25, 0.3) is 0 Å². The summed E-state index contributed by atoms with van der Waals surface area (Å²) >= 11 is 0. The molecule has 7 heteroatoms. The lowest BCUT2D eigenvalue weighted by Crippen LogP contribution is -2.43. The van der Waals surface area contributed by atoms with E-state index in [0.29, 0.717) is 12.3 Å². The van der Waals surface area contributed by atoms with Crippen LogP contribution in [0.2, 0.25) is 0 Å². The van der Waals surface area contributed by atoms with Crippen LogP contribution in [0.1, 0.15) is 23.0 Å². The number of carboxylic acids is 1. The van der Waals surface area contributed by atoms with Gasteiger partial charge in [0.05, 0.1) is 30.5 Å². The molecule has 0 aliphatic heterocycles. The van der Waals surface area contributed by atoms with Crippen molar-refractivity contribution in [1.29, 1.82) is 0 Å². The van der Waals surface area contributed by atoms with Gasteiger partial charge in [-0.05, 0) is 19.1 Å². The highest BCUT2D eigenvalue weighted by Gasteiger charge is 2.15. The Balaban J connectivity index is 2.56. The van der Waals surface area contributed by atoms with Crippen molar-refractivity contribution in [2.45, 2.75) is 19.5 Å². The van der Waals surface area contributed by atoms with E-state index in [4.69, 9.17) is 9.84 Å². The first-order valence-corrected chi connectivity index (χ1v) is 6.13. The van der Waals surface area contributed by atoms with Gasteiger partial charge in [-0.1, -0.05) is 0 Å². The van der Waals surface area contributed by atoms with Gasteiger partial charge in [0.2, 0.25) is 0 Å². The zero-order chi connectivity index (χ0) is 15.1.